The van der Waals surface area contributed by atoms with Crippen LogP contribution in [0.15, 0.2) is 23.3 Å². The number of unbranched alkanes of at least 4 members (excludes halogenated alkanes) is 7. The molecule has 1 aliphatic heterocycles. The number of alkyl halides is 3. The third-order valence-corrected chi connectivity index (χ3v) is 7.75. The van der Waals surface area contributed by atoms with Gasteiger partial charge in [0.2, 0.25) is 11.8 Å². The molecule has 0 radical (unpaired) electrons. The highest BCUT2D eigenvalue weighted by Gasteiger charge is 2.50. The summed E-state index contributed by atoms with van der Waals surface area (Å²) in [6, 6.07) is 1.40. The Morgan fingerprint density at radius 3 is 2.21 bits per heavy atom. The fourth-order valence-electron chi connectivity index (χ4n) is 5.26. The van der Waals surface area contributed by atoms with Crippen LogP contribution in [0, 0.1) is 11.9 Å². The van der Waals surface area contributed by atoms with Gasteiger partial charge in [-0.1, -0.05) is 39.5 Å². The molecule has 42 heavy (non-hydrogen) atoms. The van der Waals surface area contributed by atoms with Crippen molar-refractivity contribution >= 4 is 5.71 Å². The van der Waals surface area contributed by atoms with Crippen molar-refractivity contribution in [2.75, 3.05) is 39.6 Å². The molecule has 0 aromatic carbocycles. The molecule has 2 heterocycles. The van der Waals surface area contributed by atoms with Crippen molar-refractivity contribution in [3.05, 3.63) is 35.4 Å². The van der Waals surface area contributed by atoms with Gasteiger partial charge < -0.3 is 19.1 Å². The van der Waals surface area contributed by atoms with E-state index in [2.05, 4.69) is 23.8 Å². The molecular formula is C32H49F4N3O3. The molecule has 0 fully saturated rings. The summed E-state index contributed by atoms with van der Waals surface area (Å²) in [4.78, 5) is 9.04. The quantitative estimate of drug-likeness (QED) is 0.0618. The number of aryl methyl sites for hydroxylation is 1. The van der Waals surface area contributed by atoms with Crippen LogP contribution in [0.25, 0.3) is 0 Å². The molecule has 3 rings (SSSR count). The number of pyridine rings is 1. The monoisotopic (exact) mass is 599 g/mol. The number of nitrogens with zero attached hydrogens (tertiary/aromatic N) is 3. The average Bonchev–Trinajstić information content (AvgIpc) is 2.95. The lowest BCUT2D eigenvalue weighted by molar-refractivity contribution is -0.0534. The lowest BCUT2D eigenvalue weighted by atomic mass is 9.78. The number of hydrogen-bond acceptors (Lipinski definition) is 6. The molecule has 0 saturated carbocycles. The first-order chi connectivity index (χ1) is 20.4. The summed E-state index contributed by atoms with van der Waals surface area (Å²) in [5.74, 6) is -6.24. The SMILES string of the molecule is CCCCCCOCCCCCN1C=CC(C2CCc3cc(OCCCCOCCCC)nc(F)c3C2(F)F)=NC1F. The summed E-state index contributed by atoms with van der Waals surface area (Å²) in [6.45, 7) is 7.82. The number of hydrogen-bond donors (Lipinski definition) is 0. The minimum Gasteiger partial charge on any atom is -0.478 e. The van der Waals surface area contributed by atoms with E-state index in [0.717, 1.165) is 58.2 Å². The van der Waals surface area contributed by atoms with E-state index in [0.29, 0.717) is 32.8 Å². The second-order valence-corrected chi connectivity index (χ2v) is 11.2. The zero-order valence-electron chi connectivity index (χ0n) is 25.4. The van der Waals surface area contributed by atoms with E-state index in [4.69, 9.17) is 14.2 Å². The Bertz CT molecular complexity index is 992. The fraction of sp³-hybridized carbons (Fsp3) is 0.750. The smallest absolute Gasteiger partial charge is 0.286 e. The molecule has 0 amide bonds. The number of aliphatic imine (C=N–C) groups is 1. The van der Waals surface area contributed by atoms with Gasteiger partial charge in [-0.15, -0.1) is 0 Å². The summed E-state index contributed by atoms with van der Waals surface area (Å²) in [5, 5.41) is 0. The maximum atomic E-state index is 15.6. The summed E-state index contributed by atoms with van der Waals surface area (Å²) >= 11 is 0. The lowest BCUT2D eigenvalue weighted by Crippen LogP contribution is -2.40. The Labute approximate surface area is 248 Å². The topological polar surface area (TPSA) is 56.2 Å². The van der Waals surface area contributed by atoms with Gasteiger partial charge >= 0.3 is 0 Å². The molecule has 2 aliphatic rings. The number of allylic oxidation sites excluding steroid dienone is 1. The van der Waals surface area contributed by atoms with Gasteiger partial charge in [-0.3, -0.25) is 0 Å². The maximum absolute atomic E-state index is 15.6. The van der Waals surface area contributed by atoms with E-state index < -0.39 is 29.8 Å². The zero-order chi connectivity index (χ0) is 30.2. The second-order valence-electron chi connectivity index (χ2n) is 11.2. The third kappa shape index (κ3) is 10.5. The van der Waals surface area contributed by atoms with Crippen LogP contribution in [-0.4, -0.2) is 61.6 Å². The van der Waals surface area contributed by atoms with E-state index in [1.54, 1.807) is 0 Å². The first kappa shape index (κ1) is 34.3. The van der Waals surface area contributed by atoms with Crippen molar-refractivity contribution in [1.29, 1.82) is 0 Å². The Kier molecular flexibility index (Phi) is 15.1. The van der Waals surface area contributed by atoms with Gasteiger partial charge in [-0.05, 0) is 69.4 Å². The van der Waals surface area contributed by atoms with Crippen molar-refractivity contribution in [3.63, 3.8) is 0 Å². The predicted octanol–water partition coefficient (Wildman–Crippen LogP) is 8.14. The largest absolute Gasteiger partial charge is 0.478 e. The molecule has 6 nitrogen and oxygen atoms in total. The maximum Gasteiger partial charge on any atom is 0.286 e. The Balaban J connectivity index is 1.45. The van der Waals surface area contributed by atoms with E-state index in [1.165, 1.54) is 42.5 Å². The minimum atomic E-state index is -3.57. The molecule has 1 aromatic rings. The lowest BCUT2D eigenvalue weighted by Gasteiger charge is -2.35. The van der Waals surface area contributed by atoms with Crippen LogP contribution in [0.1, 0.15) is 102 Å². The van der Waals surface area contributed by atoms with Gasteiger partial charge in [0.25, 0.3) is 12.3 Å². The molecule has 1 aliphatic carbocycles. The first-order valence-electron chi connectivity index (χ1n) is 15.9. The van der Waals surface area contributed by atoms with Gasteiger partial charge in [0.15, 0.2) is 0 Å². The van der Waals surface area contributed by atoms with Gasteiger partial charge in [-0.2, -0.15) is 13.8 Å². The molecule has 2 unspecified atom stereocenters. The summed E-state index contributed by atoms with van der Waals surface area (Å²) in [7, 11) is 0. The van der Waals surface area contributed by atoms with Crippen LogP contribution in [0.3, 0.4) is 0 Å². The molecule has 0 bridgehead atoms. The molecule has 10 heteroatoms. The molecule has 0 N–H and O–H groups in total. The minimum absolute atomic E-state index is 0.000282. The van der Waals surface area contributed by atoms with Crippen LogP contribution in [0.5, 0.6) is 5.88 Å². The van der Waals surface area contributed by atoms with Crippen molar-refractivity contribution in [3.8, 4) is 5.88 Å². The van der Waals surface area contributed by atoms with Gasteiger partial charge in [0.1, 0.15) is 0 Å². The number of halogens is 4. The van der Waals surface area contributed by atoms with Crippen LogP contribution in [0.4, 0.5) is 17.6 Å². The standard InChI is InChI=1S/C32H49F4N3O3/c1-3-5-7-10-20-41-21-11-8-9-17-39-18-16-27(37-31(39)34)26-15-14-25-24-28(38-30(33)29(25)32(26,35)36)42-23-13-12-22-40-19-6-4-2/h16,18,24,26,31H,3-15,17,19-23H2,1-2H3. The third-order valence-electron chi connectivity index (χ3n) is 7.75. The molecule has 0 saturated heterocycles. The molecule has 0 spiro atoms. The Morgan fingerprint density at radius 1 is 0.881 bits per heavy atom. The fourth-order valence-corrected chi connectivity index (χ4v) is 5.26. The van der Waals surface area contributed by atoms with E-state index in [9.17, 15) is 8.78 Å². The summed E-state index contributed by atoms with van der Waals surface area (Å²) < 4.78 is 77.7. The van der Waals surface area contributed by atoms with Crippen molar-refractivity contribution < 1.29 is 31.8 Å². The number of ether oxygens (including phenoxy) is 3. The normalized spacial score (nSPS) is 19.6. The summed E-state index contributed by atoms with van der Waals surface area (Å²) in [5.41, 5.74) is -0.617. The van der Waals surface area contributed by atoms with Crippen LogP contribution in [0.2, 0.25) is 0 Å². The van der Waals surface area contributed by atoms with Crippen molar-refractivity contribution in [2.45, 2.75) is 110 Å². The molecule has 2 atom stereocenters. The van der Waals surface area contributed by atoms with Crippen LogP contribution >= 0.6 is 0 Å². The first-order valence-corrected chi connectivity index (χ1v) is 15.9. The highest BCUT2D eigenvalue weighted by Crippen LogP contribution is 2.47. The Hall–Kier alpha value is -2.20. The van der Waals surface area contributed by atoms with Gasteiger partial charge in [0.05, 0.1) is 23.8 Å². The second kappa shape index (κ2) is 18.5. The number of aromatic nitrogens is 1. The molecule has 1 aromatic heterocycles. The van der Waals surface area contributed by atoms with Gasteiger partial charge in [-0.25, -0.2) is 13.8 Å². The van der Waals surface area contributed by atoms with Gasteiger partial charge in [0, 0.05) is 45.2 Å². The van der Waals surface area contributed by atoms with E-state index in [-0.39, 0.29) is 30.0 Å². The van der Waals surface area contributed by atoms with E-state index in [1.807, 2.05) is 0 Å². The number of fused-ring (bicyclic) bond motifs is 1. The van der Waals surface area contributed by atoms with Crippen LogP contribution in [-0.2, 0) is 21.8 Å². The Morgan fingerprint density at radius 2 is 1.52 bits per heavy atom. The molecular weight excluding hydrogens is 550 g/mol. The highest BCUT2D eigenvalue weighted by molar-refractivity contribution is 5.98. The average molecular weight is 600 g/mol. The molecule has 238 valence electrons. The predicted molar refractivity (Wildman–Crippen MR) is 157 cm³/mol. The van der Waals surface area contributed by atoms with Crippen molar-refractivity contribution in [2.24, 2.45) is 10.9 Å². The van der Waals surface area contributed by atoms with E-state index >= 15 is 8.78 Å². The highest BCUT2D eigenvalue weighted by atomic mass is 19.3. The van der Waals surface area contributed by atoms with Crippen LogP contribution < -0.4 is 4.74 Å². The summed E-state index contributed by atoms with van der Waals surface area (Å²) in [6.07, 6.45) is 12.2. The van der Waals surface area contributed by atoms with Crippen molar-refractivity contribution in [1.82, 2.24) is 9.88 Å². The number of rotatable bonds is 21. The zero-order valence-corrected chi connectivity index (χ0v) is 25.4.